The summed E-state index contributed by atoms with van der Waals surface area (Å²) in [5, 5.41) is 19.5. The topological polar surface area (TPSA) is 123 Å². The number of hydrogen-bond donors (Lipinski definition) is 3. The van der Waals surface area contributed by atoms with Crippen LogP contribution in [0.5, 0.6) is 0 Å². The van der Waals surface area contributed by atoms with Gasteiger partial charge in [-0.1, -0.05) is 6.92 Å². The van der Waals surface area contributed by atoms with E-state index in [4.69, 9.17) is 10.5 Å². The zero-order valence-electron chi connectivity index (χ0n) is 9.22. The van der Waals surface area contributed by atoms with E-state index < -0.39 is 30.2 Å². The zero-order chi connectivity index (χ0) is 12.6. The van der Waals surface area contributed by atoms with Crippen LogP contribution in [-0.2, 0) is 4.74 Å². The number of anilines is 1. The lowest BCUT2D eigenvalue weighted by atomic mass is 10.1. The number of aliphatic hydroxyl groups excluding tert-OH is 2. The van der Waals surface area contributed by atoms with Crippen LogP contribution in [0.2, 0.25) is 0 Å². The highest BCUT2D eigenvalue weighted by molar-refractivity contribution is 5.10. The maximum absolute atomic E-state index is 11.5. The van der Waals surface area contributed by atoms with Crippen LogP contribution in [0, 0.1) is 0 Å². The Morgan fingerprint density at radius 1 is 1.53 bits per heavy atom. The number of aromatic nitrogens is 3. The fraction of sp³-hybridized carbons (Fsp3) is 0.667. The van der Waals surface area contributed by atoms with Gasteiger partial charge in [0.1, 0.15) is 18.5 Å². The SMILES string of the molecule is CC[C@H]1O[C@@H](n2cnc(N)nc2=O)[C@@H](O)C1O. The summed E-state index contributed by atoms with van der Waals surface area (Å²) in [4.78, 5) is 18.6. The monoisotopic (exact) mass is 242 g/mol. The number of nitrogens with two attached hydrogens (primary N) is 1. The van der Waals surface area contributed by atoms with Gasteiger partial charge in [0.2, 0.25) is 5.95 Å². The molecule has 1 saturated heterocycles. The van der Waals surface area contributed by atoms with E-state index >= 15 is 0 Å². The van der Waals surface area contributed by atoms with Crippen molar-refractivity contribution in [2.45, 2.75) is 37.9 Å². The smallest absolute Gasteiger partial charge is 0.354 e. The van der Waals surface area contributed by atoms with E-state index in [-0.39, 0.29) is 5.95 Å². The third-order valence-electron chi connectivity index (χ3n) is 2.76. The molecular formula is C9H14N4O4. The number of nitrogens with zero attached hydrogens (tertiary/aromatic N) is 3. The van der Waals surface area contributed by atoms with E-state index in [0.29, 0.717) is 6.42 Å². The van der Waals surface area contributed by atoms with Gasteiger partial charge in [0.25, 0.3) is 0 Å². The molecule has 1 fully saturated rings. The van der Waals surface area contributed by atoms with E-state index in [2.05, 4.69) is 9.97 Å². The predicted octanol–water partition coefficient (Wildman–Crippen LogP) is -1.75. The largest absolute Gasteiger partial charge is 0.388 e. The van der Waals surface area contributed by atoms with Crippen molar-refractivity contribution in [3.05, 3.63) is 16.8 Å². The van der Waals surface area contributed by atoms with E-state index in [9.17, 15) is 15.0 Å². The molecule has 4 atom stereocenters. The summed E-state index contributed by atoms with van der Waals surface area (Å²) in [6, 6.07) is 0. The molecule has 1 aliphatic heterocycles. The van der Waals surface area contributed by atoms with Crippen LogP contribution in [0.25, 0.3) is 0 Å². The first-order chi connectivity index (χ1) is 8.04. The van der Waals surface area contributed by atoms with Gasteiger partial charge in [0, 0.05) is 0 Å². The van der Waals surface area contributed by atoms with Crippen molar-refractivity contribution in [1.82, 2.24) is 14.5 Å². The van der Waals surface area contributed by atoms with Crippen molar-refractivity contribution in [3.8, 4) is 0 Å². The van der Waals surface area contributed by atoms with Crippen LogP contribution in [0.4, 0.5) is 5.95 Å². The minimum absolute atomic E-state index is 0.147. The second kappa shape index (κ2) is 4.40. The quantitative estimate of drug-likeness (QED) is 0.561. The lowest BCUT2D eigenvalue weighted by molar-refractivity contribution is -0.0410. The van der Waals surface area contributed by atoms with Crippen molar-refractivity contribution in [2.24, 2.45) is 0 Å². The van der Waals surface area contributed by atoms with Gasteiger partial charge in [0.15, 0.2) is 6.23 Å². The van der Waals surface area contributed by atoms with Crippen LogP contribution in [-0.4, -0.2) is 43.1 Å². The minimum Gasteiger partial charge on any atom is -0.388 e. The van der Waals surface area contributed by atoms with Crippen LogP contribution in [0.1, 0.15) is 19.6 Å². The average Bonchev–Trinajstić information content (AvgIpc) is 2.57. The summed E-state index contributed by atoms with van der Waals surface area (Å²) in [6.45, 7) is 1.81. The first kappa shape index (κ1) is 12.0. The molecule has 0 saturated carbocycles. The molecule has 0 spiro atoms. The molecule has 2 heterocycles. The van der Waals surface area contributed by atoms with E-state index in [1.165, 1.54) is 0 Å². The van der Waals surface area contributed by atoms with Gasteiger partial charge in [-0.15, -0.1) is 0 Å². The molecule has 94 valence electrons. The Kier molecular flexibility index (Phi) is 3.09. The summed E-state index contributed by atoms with van der Waals surface area (Å²) < 4.78 is 6.40. The summed E-state index contributed by atoms with van der Waals surface area (Å²) in [5.74, 6) is -0.147. The maximum Gasteiger partial charge on any atom is 0.354 e. The molecule has 0 aromatic carbocycles. The second-order valence-corrected chi connectivity index (χ2v) is 3.86. The summed E-state index contributed by atoms with van der Waals surface area (Å²) >= 11 is 0. The van der Waals surface area contributed by atoms with Gasteiger partial charge in [-0.25, -0.2) is 9.78 Å². The lowest BCUT2D eigenvalue weighted by Crippen LogP contribution is -2.36. The molecule has 0 aliphatic carbocycles. The molecule has 2 rings (SSSR count). The molecule has 1 aliphatic rings. The predicted molar refractivity (Wildman–Crippen MR) is 56.9 cm³/mol. The van der Waals surface area contributed by atoms with Gasteiger partial charge in [0.05, 0.1) is 6.10 Å². The average molecular weight is 242 g/mol. The Bertz CT molecular complexity index is 463. The molecule has 0 bridgehead atoms. The molecule has 0 radical (unpaired) electrons. The third kappa shape index (κ3) is 2.02. The number of aliphatic hydroxyl groups is 2. The highest BCUT2D eigenvalue weighted by Gasteiger charge is 2.43. The van der Waals surface area contributed by atoms with Crippen LogP contribution in [0.15, 0.2) is 11.1 Å². The minimum atomic E-state index is -1.19. The Balaban J connectivity index is 2.32. The molecule has 8 heteroatoms. The molecule has 1 aromatic rings. The summed E-state index contributed by atoms with van der Waals surface area (Å²) in [6.07, 6.45) is -2.05. The number of rotatable bonds is 2. The van der Waals surface area contributed by atoms with Gasteiger partial charge in [-0.3, -0.25) is 4.57 Å². The summed E-state index contributed by atoms with van der Waals surface area (Å²) in [5.41, 5.74) is 4.58. The maximum atomic E-state index is 11.5. The highest BCUT2D eigenvalue weighted by atomic mass is 16.6. The first-order valence-electron chi connectivity index (χ1n) is 5.26. The highest BCUT2D eigenvalue weighted by Crippen LogP contribution is 2.29. The molecule has 0 amide bonds. The number of nitrogen functional groups attached to an aromatic ring is 1. The van der Waals surface area contributed by atoms with Crippen molar-refractivity contribution in [2.75, 3.05) is 5.73 Å². The molecule has 1 unspecified atom stereocenters. The Labute approximate surface area is 96.7 Å². The van der Waals surface area contributed by atoms with Gasteiger partial charge < -0.3 is 20.7 Å². The first-order valence-corrected chi connectivity index (χ1v) is 5.26. The van der Waals surface area contributed by atoms with E-state index in [1.54, 1.807) is 0 Å². The van der Waals surface area contributed by atoms with Crippen LogP contribution >= 0.6 is 0 Å². The Morgan fingerprint density at radius 3 is 2.76 bits per heavy atom. The standard InChI is InChI=1S/C9H14N4O4/c1-2-4-5(14)6(15)7(17-4)13-3-11-8(10)12-9(13)16/h3-7,14-15H,2H2,1H3,(H2,10,12,16)/t4-,5?,6+,7-/m1/s1. The molecule has 8 nitrogen and oxygen atoms in total. The Hall–Kier alpha value is -1.51. The van der Waals surface area contributed by atoms with Crippen molar-refractivity contribution >= 4 is 5.95 Å². The third-order valence-corrected chi connectivity index (χ3v) is 2.76. The van der Waals surface area contributed by atoms with E-state index in [1.807, 2.05) is 6.92 Å². The molecule has 17 heavy (non-hydrogen) atoms. The second-order valence-electron chi connectivity index (χ2n) is 3.86. The summed E-state index contributed by atoms with van der Waals surface area (Å²) in [7, 11) is 0. The van der Waals surface area contributed by atoms with Gasteiger partial charge in [-0.2, -0.15) is 4.98 Å². The molecule has 1 aromatic heterocycles. The van der Waals surface area contributed by atoms with Gasteiger partial charge >= 0.3 is 5.69 Å². The van der Waals surface area contributed by atoms with Crippen molar-refractivity contribution in [3.63, 3.8) is 0 Å². The number of ether oxygens (including phenoxy) is 1. The number of hydrogen-bond acceptors (Lipinski definition) is 7. The molecular weight excluding hydrogens is 228 g/mol. The van der Waals surface area contributed by atoms with Crippen LogP contribution < -0.4 is 11.4 Å². The van der Waals surface area contributed by atoms with Crippen LogP contribution in [0.3, 0.4) is 0 Å². The zero-order valence-corrected chi connectivity index (χ0v) is 9.22. The fourth-order valence-corrected chi connectivity index (χ4v) is 1.83. The van der Waals surface area contributed by atoms with E-state index in [0.717, 1.165) is 10.9 Å². The molecule has 4 N–H and O–H groups in total. The van der Waals surface area contributed by atoms with Crippen molar-refractivity contribution in [1.29, 1.82) is 0 Å². The normalized spacial score (nSPS) is 32.9. The van der Waals surface area contributed by atoms with Crippen molar-refractivity contribution < 1.29 is 14.9 Å². The van der Waals surface area contributed by atoms with Gasteiger partial charge in [-0.05, 0) is 6.42 Å². The lowest BCUT2D eigenvalue weighted by Gasteiger charge is -2.16. The Morgan fingerprint density at radius 2 is 2.24 bits per heavy atom. The fourth-order valence-electron chi connectivity index (χ4n) is 1.83.